The Morgan fingerprint density at radius 1 is 1.61 bits per heavy atom. The van der Waals surface area contributed by atoms with Gasteiger partial charge in [0.2, 0.25) is 0 Å². The van der Waals surface area contributed by atoms with E-state index in [1.807, 2.05) is 13.0 Å². The number of methoxy groups -OCH3 is 1. The van der Waals surface area contributed by atoms with Gasteiger partial charge in [0.1, 0.15) is 5.75 Å². The van der Waals surface area contributed by atoms with Crippen molar-refractivity contribution >= 4 is 11.6 Å². The van der Waals surface area contributed by atoms with Crippen LogP contribution in [0, 0.1) is 11.3 Å². The zero-order valence-electron chi connectivity index (χ0n) is 10.8. The second kappa shape index (κ2) is 5.92. The Balaban J connectivity index is 3.03. The number of nitrogens with zero attached hydrogens (tertiary/aromatic N) is 2. The SMILES string of the molecule is COc1ccc(N)cc1C(=O)N(C)C(C)CC#N. The summed E-state index contributed by atoms with van der Waals surface area (Å²) < 4.78 is 5.14. The van der Waals surface area contributed by atoms with Crippen molar-refractivity contribution in [2.45, 2.75) is 19.4 Å². The summed E-state index contributed by atoms with van der Waals surface area (Å²) in [6.45, 7) is 1.82. The molecule has 5 heteroatoms. The lowest BCUT2D eigenvalue weighted by Gasteiger charge is -2.23. The van der Waals surface area contributed by atoms with Gasteiger partial charge in [-0.3, -0.25) is 4.79 Å². The number of amides is 1. The molecule has 5 nitrogen and oxygen atoms in total. The molecule has 0 spiro atoms. The fraction of sp³-hybridized carbons (Fsp3) is 0.385. The molecule has 0 radical (unpaired) electrons. The molecule has 0 fully saturated rings. The first-order valence-electron chi connectivity index (χ1n) is 5.58. The molecule has 0 aliphatic heterocycles. The number of benzene rings is 1. The van der Waals surface area contributed by atoms with Crippen LogP contribution >= 0.6 is 0 Å². The Hall–Kier alpha value is -2.22. The van der Waals surface area contributed by atoms with Crippen LogP contribution in [0.3, 0.4) is 0 Å². The first-order chi connectivity index (χ1) is 8.51. The predicted molar refractivity (Wildman–Crippen MR) is 69.2 cm³/mol. The van der Waals surface area contributed by atoms with Crippen molar-refractivity contribution in [1.29, 1.82) is 5.26 Å². The Labute approximate surface area is 107 Å². The van der Waals surface area contributed by atoms with E-state index < -0.39 is 0 Å². The molecule has 18 heavy (non-hydrogen) atoms. The Morgan fingerprint density at radius 2 is 2.28 bits per heavy atom. The zero-order valence-corrected chi connectivity index (χ0v) is 10.8. The van der Waals surface area contributed by atoms with E-state index in [9.17, 15) is 4.79 Å². The Morgan fingerprint density at radius 3 is 2.83 bits per heavy atom. The second-order valence-electron chi connectivity index (χ2n) is 4.09. The predicted octanol–water partition coefficient (Wildman–Crippen LogP) is 1.65. The van der Waals surface area contributed by atoms with Crippen molar-refractivity contribution in [3.63, 3.8) is 0 Å². The molecule has 1 atom stereocenters. The minimum absolute atomic E-state index is 0.159. The summed E-state index contributed by atoms with van der Waals surface area (Å²) in [7, 11) is 3.16. The van der Waals surface area contributed by atoms with Gasteiger partial charge < -0.3 is 15.4 Å². The topological polar surface area (TPSA) is 79.3 Å². The first-order valence-corrected chi connectivity index (χ1v) is 5.58. The van der Waals surface area contributed by atoms with E-state index in [-0.39, 0.29) is 18.4 Å². The van der Waals surface area contributed by atoms with Gasteiger partial charge in [0.25, 0.3) is 5.91 Å². The standard InChI is InChI=1S/C13H17N3O2/c1-9(6-7-14)16(2)13(17)11-8-10(15)4-5-12(11)18-3/h4-5,8-9H,6,15H2,1-3H3. The van der Waals surface area contributed by atoms with Gasteiger partial charge in [0.05, 0.1) is 25.2 Å². The highest BCUT2D eigenvalue weighted by molar-refractivity contribution is 5.97. The molecular formula is C13H17N3O2. The fourth-order valence-electron chi connectivity index (χ4n) is 1.55. The van der Waals surface area contributed by atoms with Gasteiger partial charge >= 0.3 is 0 Å². The van der Waals surface area contributed by atoms with Gasteiger partial charge in [-0.25, -0.2) is 0 Å². The van der Waals surface area contributed by atoms with Crippen molar-refractivity contribution in [3.8, 4) is 11.8 Å². The molecule has 0 aromatic heterocycles. The molecule has 0 saturated carbocycles. The average molecular weight is 247 g/mol. The molecule has 1 unspecified atom stereocenters. The van der Waals surface area contributed by atoms with E-state index in [4.69, 9.17) is 15.7 Å². The number of hydrogen-bond donors (Lipinski definition) is 1. The number of nitriles is 1. The highest BCUT2D eigenvalue weighted by Gasteiger charge is 2.20. The van der Waals surface area contributed by atoms with E-state index in [1.54, 1.807) is 25.2 Å². The quantitative estimate of drug-likeness (QED) is 0.820. The molecule has 96 valence electrons. The van der Waals surface area contributed by atoms with Gasteiger partial charge in [-0.05, 0) is 25.1 Å². The maximum absolute atomic E-state index is 12.3. The van der Waals surface area contributed by atoms with Crippen LogP contribution < -0.4 is 10.5 Å². The van der Waals surface area contributed by atoms with Crippen LogP contribution in [0.15, 0.2) is 18.2 Å². The third kappa shape index (κ3) is 2.92. The molecular weight excluding hydrogens is 230 g/mol. The first kappa shape index (κ1) is 13.8. The fourth-order valence-corrected chi connectivity index (χ4v) is 1.55. The van der Waals surface area contributed by atoms with Crippen LogP contribution in [0.5, 0.6) is 5.75 Å². The van der Waals surface area contributed by atoms with Crippen molar-refractivity contribution in [2.75, 3.05) is 19.9 Å². The minimum Gasteiger partial charge on any atom is -0.496 e. The normalized spacial score (nSPS) is 11.4. The van der Waals surface area contributed by atoms with Crippen LogP contribution in [0.4, 0.5) is 5.69 Å². The van der Waals surface area contributed by atoms with Gasteiger partial charge in [-0.15, -0.1) is 0 Å². The molecule has 1 aromatic rings. The third-order valence-electron chi connectivity index (χ3n) is 2.82. The van der Waals surface area contributed by atoms with Crippen LogP contribution in [0.25, 0.3) is 0 Å². The van der Waals surface area contributed by atoms with E-state index in [1.165, 1.54) is 12.0 Å². The summed E-state index contributed by atoms with van der Waals surface area (Å²) in [5.74, 6) is 0.270. The van der Waals surface area contributed by atoms with E-state index in [0.29, 0.717) is 17.0 Å². The largest absolute Gasteiger partial charge is 0.496 e. The van der Waals surface area contributed by atoms with Crippen LogP contribution in [-0.2, 0) is 0 Å². The molecule has 1 rings (SSSR count). The van der Waals surface area contributed by atoms with Crippen LogP contribution in [0.1, 0.15) is 23.7 Å². The Kier molecular flexibility index (Phi) is 4.55. The average Bonchev–Trinajstić information content (AvgIpc) is 2.37. The molecule has 0 bridgehead atoms. The molecule has 1 amide bonds. The highest BCUT2D eigenvalue weighted by atomic mass is 16.5. The zero-order chi connectivity index (χ0) is 13.7. The number of nitrogen functional groups attached to an aromatic ring is 1. The monoisotopic (exact) mass is 247 g/mol. The van der Waals surface area contributed by atoms with E-state index >= 15 is 0 Å². The number of rotatable bonds is 4. The number of carbonyl (C=O) groups is 1. The lowest BCUT2D eigenvalue weighted by Crippen LogP contribution is -2.35. The van der Waals surface area contributed by atoms with Gasteiger partial charge in [0, 0.05) is 18.8 Å². The van der Waals surface area contributed by atoms with Gasteiger partial charge in [-0.1, -0.05) is 0 Å². The number of anilines is 1. The maximum Gasteiger partial charge on any atom is 0.257 e. The minimum atomic E-state index is -0.207. The lowest BCUT2D eigenvalue weighted by atomic mass is 10.1. The number of ether oxygens (including phenoxy) is 1. The highest BCUT2D eigenvalue weighted by Crippen LogP contribution is 2.23. The summed E-state index contributed by atoms with van der Waals surface area (Å²) in [5.41, 5.74) is 6.58. The van der Waals surface area contributed by atoms with E-state index in [0.717, 1.165) is 0 Å². The van der Waals surface area contributed by atoms with Crippen molar-refractivity contribution in [3.05, 3.63) is 23.8 Å². The van der Waals surface area contributed by atoms with Gasteiger partial charge in [-0.2, -0.15) is 5.26 Å². The van der Waals surface area contributed by atoms with Crippen LogP contribution in [-0.4, -0.2) is 31.0 Å². The Bertz CT molecular complexity index is 480. The lowest BCUT2D eigenvalue weighted by molar-refractivity contribution is 0.0743. The van der Waals surface area contributed by atoms with Gasteiger partial charge in [0.15, 0.2) is 0 Å². The van der Waals surface area contributed by atoms with E-state index in [2.05, 4.69) is 0 Å². The smallest absolute Gasteiger partial charge is 0.257 e. The molecule has 2 N–H and O–H groups in total. The third-order valence-corrected chi connectivity index (χ3v) is 2.82. The van der Waals surface area contributed by atoms with Crippen LogP contribution in [0.2, 0.25) is 0 Å². The number of hydrogen-bond acceptors (Lipinski definition) is 4. The molecule has 0 aliphatic carbocycles. The summed E-state index contributed by atoms with van der Waals surface area (Å²) in [6.07, 6.45) is 0.285. The molecule has 0 heterocycles. The number of nitrogens with two attached hydrogens (primary N) is 1. The summed E-state index contributed by atoms with van der Waals surface area (Å²) in [5, 5.41) is 8.65. The molecule has 1 aromatic carbocycles. The van der Waals surface area contributed by atoms with Crippen molar-refractivity contribution in [1.82, 2.24) is 4.90 Å². The number of carbonyl (C=O) groups excluding carboxylic acids is 1. The summed E-state index contributed by atoms with van der Waals surface area (Å²) >= 11 is 0. The maximum atomic E-state index is 12.3. The van der Waals surface area contributed by atoms with Crippen molar-refractivity contribution < 1.29 is 9.53 Å². The second-order valence-corrected chi connectivity index (χ2v) is 4.09. The summed E-state index contributed by atoms with van der Waals surface area (Å²) in [4.78, 5) is 13.8. The molecule has 0 aliphatic rings. The molecule has 0 saturated heterocycles. The van der Waals surface area contributed by atoms with Crippen molar-refractivity contribution in [2.24, 2.45) is 0 Å². The summed E-state index contributed by atoms with van der Waals surface area (Å²) in [6, 6.07) is 6.80.